The van der Waals surface area contributed by atoms with Gasteiger partial charge < -0.3 is 4.52 Å². The molecule has 0 bridgehead atoms. The lowest BCUT2D eigenvalue weighted by atomic mass is 10.1. The zero-order valence-corrected chi connectivity index (χ0v) is 9.83. The van der Waals surface area contributed by atoms with Gasteiger partial charge in [-0.15, -0.1) is 0 Å². The fourth-order valence-electron chi connectivity index (χ4n) is 0.744. The summed E-state index contributed by atoms with van der Waals surface area (Å²) in [6, 6.07) is 0. The minimum atomic E-state index is -6.96. The molecule has 0 rings (SSSR count). The van der Waals surface area contributed by atoms with Gasteiger partial charge in [-0.25, -0.2) is 0 Å². The summed E-state index contributed by atoms with van der Waals surface area (Å²) in [7, 11) is -4.55. The van der Waals surface area contributed by atoms with Gasteiger partial charge in [-0.2, -0.15) is 39.5 Å². The topological polar surface area (TPSA) is 35.5 Å². The van der Waals surface area contributed by atoms with Crippen LogP contribution in [0.15, 0.2) is 0 Å². The molecule has 0 aliphatic rings. The maximum atomic E-state index is 13.1. The van der Waals surface area contributed by atoms with Crippen molar-refractivity contribution in [3.63, 3.8) is 0 Å². The second-order valence-corrected chi connectivity index (χ2v) is 3.94. The molecule has 0 heterocycles. The number of alkyl halides is 9. The molecular weight excluding hydrogens is 322 g/mol. The van der Waals surface area contributed by atoms with Crippen LogP contribution in [0.4, 0.5) is 39.5 Å². The van der Waals surface area contributed by atoms with Crippen molar-refractivity contribution in [1.82, 2.24) is 0 Å². The Bertz CT molecular complexity index is 338. The molecule has 0 radical (unpaired) electrons. The average Bonchev–Trinajstić information content (AvgIpc) is 2.13. The van der Waals surface area contributed by atoms with Crippen LogP contribution in [0.25, 0.3) is 0 Å². The van der Waals surface area contributed by atoms with Gasteiger partial charge in [0.05, 0.1) is 6.61 Å². The van der Waals surface area contributed by atoms with Gasteiger partial charge in [-0.3, -0.25) is 9.09 Å². The standard InChI is InChI=1S/C6H6F9O3P/c1-2-17-19(16)18-4(9,6(13,14)15)3(7,8)5(10,11)12/h19H,2H2,1H3. The number of rotatable bonds is 5. The Morgan fingerprint density at radius 1 is 0.895 bits per heavy atom. The molecule has 0 aromatic heterocycles. The molecule has 0 aromatic rings. The first-order valence-electron chi connectivity index (χ1n) is 4.26. The average molecular weight is 328 g/mol. The van der Waals surface area contributed by atoms with E-state index in [4.69, 9.17) is 0 Å². The molecule has 0 fully saturated rings. The van der Waals surface area contributed by atoms with Crippen LogP contribution in [0, 0.1) is 0 Å². The van der Waals surface area contributed by atoms with Crippen molar-refractivity contribution in [3.05, 3.63) is 0 Å². The number of hydrogen-bond donors (Lipinski definition) is 0. The maximum Gasteiger partial charge on any atom is 0.459 e. The van der Waals surface area contributed by atoms with E-state index < -0.39 is 39.0 Å². The van der Waals surface area contributed by atoms with E-state index in [1.165, 1.54) is 0 Å². The lowest BCUT2D eigenvalue weighted by Gasteiger charge is -2.34. The summed E-state index contributed by atoms with van der Waals surface area (Å²) in [5, 5.41) is 0. The van der Waals surface area contributed by atoms with E-state index in [9.17, 15) is 44.1 Å². The zero-order valence-electron chi connectivity index (χ0n) is 8.83. The predicted molar refractivity (Wildman–Crippen MR) is 42.6 cm³/mol. The smallest absolute Gasteiger partial charge is 0.311 e. The fourth-order valence-corrected chi connectivity index (χ4v) is 1.51. The van der Waals surface area contributed by atoms with Crippen LogP contribution in [-0.2, 0) is 13.6 Å². The van der Waals surface area contributed by atoms with E-state index >= 15 is 0 Å². The van der Waals surface area contributed by atoms with E-state index in [1.54, 1.807) is 0 Å². The van der Waals surface area contributed by atoms with Gasteiger partial charge >= 0.3 is 32.4 Å². The summed E-state index contributed by atoms with van der Waals surface area (Å²) < 4.78 is 127. The quantitative estimate of drug-likeness (QED) is 0.568. The molecule has 2 atom stereocenters. The van der Waals surface area contributed by atoms with E-state index in [1.807, 2.05) is 0 Å². The highest BCUT2D eigenvalue weighted by molar-refractivity contribution is 7.33. The van der Waals surface area contributed by atoms with Crippen molar-refractivity contribution in [2.75, 3.05) is 6.61 Å². The van der Waals surface area contributed by atoms with E-state index in [0.717, 1.165) is 6.92 Å². The van der Waals surface area contributed by atoms with Crippen molar-refractivity contribution in [3.8, 4) is 0 Å². The van der Waals surface area contributed by atoms with Gasteiger partial charge in [0.2, 0.25) is 0 Å². The number of halogens is 9. The van der Waals surface area contributed by atoms with Crippen LogP contribution in [0.3, 0.4) is 0 Å². The van der Waals surface area contributed by atoms with Crippen molar-refractivity contribution in [1.29, 1.82) is 0 Å². The third-order valence-corrected chi connectivity index (χ3v) is 2.58. The molecule has 0 aliphatic heterocycles. The van der Waals surface area contributed by atoms with E-state index in [2.05, 4.69) is 9.05 Å². The minimum Gasteiger partial charge on any atom is -0.311 e. The Morgan fingerprint density at radius 3 is 1.58 bits per heavy atom. The highest BCUT2D eigenvalue weighted by Crippen LogP contribution is 2.56. The lowest BCUT2D eigenvalue weighted by molar-refractivity contribution is -0.432. The monoisotopic (exact) mass is 328 g/mol. The first kappa shape index (κ1) is 18.5. The Hall–Kier alpha value is -0.480. The fraction of sp³-hybridized carbons (Fsp3) is 1.00. The third-order valence-electron chi connectivity index (χ3n) is 1.61. The van der Waals surface area contributed by atoms with Gasteiger partial charge in [0.25, 0.3) is 0 Å². The summed E-state index contributed by atoms with van der Waals surface area (Å²) >= 11 is 0. The zero-order chi connectivity index (χ0) is 15.7. The Kier molecular flexibility index (Phi) is 5.35. The summed E-state index contributed by atoms with van der Waals surface area (Å²) in [6.45, 7) is 0.366. The highest BCUT2D eigenvalue weighted by Gasteiger charge is 2.83. The summed E-state index contributed by atoms with van der Waals surface area (Å²) in [6.07, 6.45) is -13.7. The maximum absolute atomic E-state index is 13.1. The Morgan fingerprint density at radius 2 is 1.32 bits per heavy atom. The minimum absolute atomic E-state index is 0.649. The molecule has 0 aliphatic carbocycles. The largest absolute Gasteiger partial charge is 0.459 e. The second kappa shape index (κ2) is 5.49. The lowest BCUT2D eigenvalue weighted by Crippen LogP contribution is -2.62. The molecule has 0 spiro atoms. The molecule has 0 saturated carbocycles. The summed E-state index contributed by atoms with van der Waals surface area (Å²) in [5.74, 6) is -13.5. The van der Waals surface area contributed by atoms with Crippen LogP contribution >= 0.6 is 8.25 Å². The molecule has 3 nitrogen and oxygen atoms in total. The molecule has 0 saturated heterocycles. The molecule has 116 valence electrons. The molecule has 2 unspecified atom stereocenters. The molecular formula is C6H6F9O3P. The first-order chi connectivity index (χ1) is 8.20. The normalized spacial score (nSPS) is 19.1. The van der Waals surface area contributed by atoms with Crippen LogP contribution in [-0.4, -0.2) is 30.7 Å². The summed E-state index contributed by atoms with van der Waals surface area (Å²) in [5.41, 5.74) is 0. The third kappa shape index (κ3) is 3.54. The number of hydrogen-bond acceptors (Lipinski definition) is 3. The molecule has 19 heavy (non-hydrogen) atoms. The SMILES string of the molecule is CCO[PH](=O)OC(F)(C(F)(F)F)C(F)(F)C(F)(F)F. The highest BCUT2D eigenvalue weighted by atomic mass is 31.1. The van der Waals surface area contributed by atoms with E-state index in [-0.39, 0.29) is 0 Å². The molecule has 13 heteroatoms. The van der Waals surface area contributed by atoms with Crippen molar-refractivity contribution < 1.29 is 53.1 Å². The molecule has 0 amide bonds. The molecule has 0 aromatic carbocycles. The van der Waals surface area contributed by atoms with Crippen LogP contribution < -0.4 is 0 Å². The van der Waals surface area contributed by atoms with Crippen molar-refractivity contribution >= 4 is 8.25 Å². The van der Waals surface area contributed by atoms with Crippen LogP contribution in [0.5, 0.6) is 0 Å². The second-order valence-electron chi connectivity index (χ2n) is 2.95. The molecule has 0 N–H and O–H groups in total. The van der Waals surface area contributed by atoms with Gasteiger partial charge in [-0.05, 0) is 6.92 Å². The Labute approximate surface area is 100 Å². The Balaban J connectivity index is 5.63. The van der Waals surface area contributed by atoms with E-state index in [0.29, 0.717) is 0 Å². The first-order valence-corrected chi connectivity index (χ1v) is 5.49. The van der Waals surface area contributed by atoms with Crippen molar-refractivity contribution in [2.45, 2.75) is 31.1 Å². The van der Waals surface area contributed by atoms with Crippen LogP contribution in [0.1, 0.15) is 6.92 Å². The predicted octanol–water partition coefficient (Wildman–Crippen LogP) is 3.85. The van der Waals surface area contributed by atoms with Crippen molar-refractivity contribution in [2.24, 2.45) is 0 Å². The van der Waals surface area contributed by atoms with Gasteiger partial charge in [0.1, 0.15) is 0 Å². The van der Waals surface area contributed by atoms with Crippen LogP contribution in [0.2, 0.25) is 0 Å². The summed E-state index contributed by atoms with van der Waals surface area (Å²) in [4.78, 5) is 0. The van der Waals surface area contributed by atoms with Gasteiger partial charge in [-0.1, -0.05) is 0 Å². The van der Waals surface area contributed by atoms with Gasteiger partial charge in [0.15, 0.2) is 0 Å². The van der Waals surface area contributed by atoms with Gasteiger partial charge in [0, 0.05) is 0 Å².